The van der Waals surface area contributed by atoms with Crippen molar-refractivity contribution < 1.29 is 23.6 Å². The Bertz CT molecular complexity index is 536. The average molecular weight is 300 g/mol. The van der Waals surface area contributed by atoms with Crippen LogP contribution in [0.4, 0.5) is 10.1 Å². The minimum Gasteiger partial charge on any atom is -0.382 e. The first-order valence-electron chi connectivity index (χ1n) is 6.15. The largest absolute Gasteiger partial charge is 0.382 e. The van der Waals surface area contributed by atoms with Crippen molar-refractivity contribution in [1.29, 1.82) is 0 Å². The van der Waals surface area contributed by atoms with E-state index in [0.717, 1.165) is 12.1 Å². The Balaban J connectivity index is 2.89. The summed E-state index contributed by atoms with van der Waals surface area (Å²) in [4.78, 5) is 22.0. The summed E-state index contributed by atoms with van der Waals surface area (Å²) in [6.07, 6.45) is -0.387. The molecule has 0 aliphatic heterocycles. The lowest BCUT2D eigenvalue weighted by Crippen LogP contribution is -2.36. The summed E-state index contributed by atoms with van der Waals surface area (Å²) < 4.78 is 23.8. The molecule has 1 unspecified atom stereocenters. The minimum absolute atomic E-state index is 0.0366. The third kappa shape index (κ3) is 4.47. The molecule has 116 valence electrons. The number of carbonyl (C=O) groups excluding carboxylic acids is 1. The van der Waals surface area contributed by atoms with Gasteiger partial charge in [-0.2, -0.15) is 0 Å². The Hall–Kier alpha value is -2.06. The van der Waals surface area contributed by atoms with Gasteiger partial charge in [0.05, 0.1) is 23.2 Å². The highest BCUT2D eigenvalue weighted by Gasteiger charge is 2.20. The molecule has 1 rings (SSSR count). The summed E-state index contributed by atoms with van der Waals surface area (Å²) in [6, 6.07) is 1.99. The van der Waals surface area contributed by atoms with Gasteiger partial charge >= 0.3 is 0 Å². The van der Waals surface area contributed by atoms with Crippen LogP contribution in [0.25, 0.3) is 0 Å². The van der Waals surface area contributed by atoms with Crippen LogP contribution >= 0.6 is 0 Å². The standard InChI is InChI=1S/C13H17FN2O5/c1-8-4-9(16(18)19)5-11(12(8)14)13(17)15-6-10(21-3)7-20-2/h4-5,10H,6-7H2,1-3H3,(H,15,17). The number of methoxy groups -OCH3 is 2. The van der Waals surface area contributed by atoms with E-state index in [2.05, 4.69) is 5.32 Å². The van der Waals surface area contributed by atoms with Gasteiger partial charge in [0.1, 0.15) is 5.82 Å². The topological polar surface area (TPSA) is 90.7 Å². The van der Waals surface area contributed by atoms with Crippen LogP contribution in [0.15, 0.2) is 12.1 Å². The number of non-ortho nitro benzene ring substituents is 1. The molecule has 1 aromatic carbocycles. The SMILES string of the molecule is COCC(CNC(=O)c1cc([N+](=O)[O-])cc(C)c1F)OC. The van der Waals surface area contributed by atoms with Crippen LogP contribution < -0.4 is 5.32 Å². The molecule has 0 bridgehead atoms. The maximum atomic E-state index is 13.9. The highest BCUT2D eigenvalue weighted by molar-refractivity contribution is 5.95. The molecule has 1 amide bonds. The smallest absolute Gasteiger partial charge is 0.270 e. The fourth-order valence-corrected chi connectivity index (χ4v) is 1.72. The van der Waals surface area contributed by atoms with Crippen molar-refractivity contribution in [3.63, 3.8) is 0 Å². The predicted molar refractivity (Wildman–Crippen MR) is 72.8 cm³/mol. The van der Waals surface area contributed by atoms with Gasteiger partial charge in [0.25, 0.3) is 11.6 Å². The summed E-state index contributed by atoms with van der Waals surface area (Å²) >= 11 is 0. The first-order chi connectivity index (χ1) is 9.90. The van der Waals surface area contributed by atoms with Gasteiger partial charge in [0.2, 0.25) is 0 Å². The minimum atomic E-state index is -0.779. The number of nitro benzene ring substituents is 1. The van der Waals surface area contributed by atoms with Gasteiger partial charge in [-0.15, -0.1) is 0 Å². The van der Waals surface area contributed by atoms with Gasteiger partial charge in [0.15, 0.2) is 0 Å². The summed E-state index contributed by atoms with van der Waals surface area (Å²) in [6.45, 7) is 1.72. The zero-order valence-corrected chi connectivity index (χ0v) is 12.0. The fraction of sp³-hybridized carbons (Fsp3) is 0.462. The second-order valence-corrected chi connectivity index (χ2v) is 4.40. The molecular weight excluding hydrogens is 283 g/mol. The molecule has 7 nitrogen and oxygen atoms in total. The second kappa shape index (κ2) is 7.65. The molecule has 0 aliphatic rings. The van der Waals surface area contributed by atoms with Crippen molar-refractivity contribution in [3.8, 4) is 0 Å². The van der Waals surface area contributed by atoms with E-state index in [1.807, 2.05) is 0 Å². The molecule has 0 aliphatic carbocycles. The number of benzene rings is 1. The Morgan fingerprint density at radius 2 is 2.14 bits per heavy atom. The fourth-order valence-electron chi connectivity index (χ4n) is 1.72. The number of hydrogen-bond acceptors (Lipinski definition) is 5. The van der Waals surface area contributed by atoms with Gasteiger partial charge in [0, 0.05) is 32.9 Å². The number of hydrogen-bond donors (Lipinski definition) is 1. The lowest BCUT2D eigenvalue weighted by atomic mass is 10.1. The zero-order valence-electron chi connectivity index (χ0n) is 12.0. The van der Waals surface area contributed by atoms with Crippen molar-refractivity contribution in [1.82, 2.24) is 5.32 Å². The van der Waals surface area contributed by atoms with E-state index in [0.29, 0.717) is 0 Å². The van der Waals surface area contributed by atoms with E-state index in [9.17, 15) is 19.3 Å². The van der Waals surface area contributed by atoms with Gasteiger partial charge in [-0.05, 0) is 12.5 Å². The molecule has 1 N–H and O–H groups in total. The van der Waals surface area contributed by atoms with E-state index >= 15 is 0 Å². The Morgan fingerprint density at radius 1 is 1.48 bits per heavy atom. The molecule has 0 saturated carbocycles. The molecule has 0 saturated heterocycles. The molecule has 0 fully saturated rings. The van der Waals surface area contributed by atoms with Crippen molar-refractivity contribution in [2.45, 2.75) is 13.0 Å². The zero-order chi connectivity index (χ0) is 16.0. The summed E-state index contributed by atoms with van der Waals surface area (Å²) in [5, 5.41) is 13.2. The summed E-state index contributed by atoms with van der Waals surface area (Å²) in [7, 11) is 2.94. The van der Waals surface area contributed by atoms with E-state index < -0.39 is 16.6 Å². The first kappa shape index (κ1) is 17.0. The highest BCUT2D eigenvalue weighted by atomic mass is 19.1. The van der Waals surface area contributed by atoms with Crippen molar-refractivity contribution >= 4 is 11.6 Å². The van der Waals surface area contributed by atoms with Crippen molar-refractivity contribution in [3.05, 3.63) is 39.2 Å². The van der Waals surface area contributed by atoms with E-state index in [-0.39, 0.29) is 36.1 Å². The number of nitrogens with one attached hydrogen (secondary N) is 1. The second-order valence-electron chi connectivity index (χ2n) is 4.40. The van der Waals surface area contributed by atoms with E-state index in [4.69, 9.17) is 9.47 Å². The monoisotopic (exact) mass is 300 g/mol. The van der Waals surface area contributed by atoms with Crippen LogP contribution in [-0.4, -0.2) is 44.3 Å². The average Bonchev–Trinajstić information content (AvgIpc) is 2.45. The summed E-state index contributed by atoms with van der Waals surface area (Å²) in [5.41, 5.74) is -0.664. The Labute approximate surface area is 121 Å². The molecule has 0 spiro atoms. The van der Waals surface area contributed by atoms with Crippen molar-refractivity contribution in [2.24, 2.45) is 0 Å². The van der Waals surface area contributed by atoms with E-state index in [1.165, 1.54) is 21.1 Å². The summed E-state index contributed by atoms with van der Waals surface area (Å²) in [5.74, 6) is -1.52. The first-order valence-corrected chi connectivity index (χ1v) is 6.15. The Morgan fingerprint density at radius 3 is 2.67 bits per heavy atom. The number of ether oxygens (including phenoxy) is 2. The predicted octanol–water partition coefficient (Wildman–Crippen LogP) is 1.43. The van der Waals surface area contributed by atoms with Gasteiger partial charge in [-0.1, -0.05) is 0 Å². The maximum absolute atomic E-state index is 13.9. The number of nitrogens with zero attached hydrogens (tertiary/aromatic N) is 1. The number of halogens is 1. The van der Waals surface area contributed by atoms with Crippen LogP contribution in [0.1, 0.15) is 15.9 Å². The molecule has 1 aromatic rings. The third-order valence-corrected chi connectivity index (χ3v) is 2.87. The lowest BCUT2D eigenvalue weighted by Gasteiger charge is -2.15. The van der Waals surface area contributed by atoms with Gasteiger partial charge < -0.3 is 14.8 Å². The Kier molecular flexibility index (Phi) is 6.19. The van der Waals surface area contributed by atoms with Crippen LogP contribution in [0, 0.1) is 22.9 Å². The number of aryl methyl sites for hydroxylation is 1. The number of rotatable bonds is 7. The molecule has 21 heavy (non-hydrogen) atoms. The molecule has 0 heterocycles. The normalized spacial score (nSPS) is 12.0. The molecular formula is C13H17FN2O5. The highest BCUT2D eigenvalue weighted by Crippen LogP contribution is 2.20. The lowest BCUT2D eigenvalue weighted by molar-refractivity contribution is -0.385. The van der Waals surface area contributed by atoms with Gasteiger partial charge in [-0.25, -0.2) is 4.39 Å². The molecule has 1 atom stereocenters. The van der Waals surface area contributed by atoms with E-state index in [1.54, 1.807) is 0 Å². The van der Waals surface area contributed by atoms with Gasteiger partial charge in [-0.3, -0.25) is 14.9 Å². The number of carbonyl (C=O) groups is 1. The number of amides is 1. The van der Waals surface area contributed by atoms with Crippen LogP contribution in [0.2, 0.25) is 0 Å². The van der Waals surface area contributed by atoms with Crippen LogP contribution in [0.5, 0.6) is 0 Å². The van der Waals surface area contributed by atoms with Crippen LogP contribution in [0.3, 0.4) is 0 Å². The van der Waals surface area contributed by atoms with Crippen LogP contribution in [-0.2, 0) is 9.47 Å². The maximum Gasteiger partial charge on any atom is 0.270 e. The quantitative estimate of drug-likeness (QED) is 0.607. The third-order valence-electron chi connectivity index (χ3n) is 2.87. The molecule has 0 aromatic heterocycles. The van der Waals surface area contributed by atoms with Crippen molar-refractivity contribution in [2.75, 3.05) is 27.4 Å². The molecule has 0 radical (unpaired) electrons. The number of nitro groups is 1. The molecule has 8 heteroatoms.